The first-order valence-corrected chi connectivity index (χ1v) is 11.9. The molecule has 3 heterocycles. The standard InChI is InChI=1S/C25H35N5O5/c1-16(2)12-30(18-9-17(15-31)13-29(14-18)24(33)34)22(32)20-11-27-23(25(3,4)5)28-21(20)26-10-19-7-6-8-35-19/h6-8,11,15-18H,9-10,12-14H2,1-5H3,(H,33,34)(H,26,27,28). The lowest BCUT2D eigenvalue weighted by Gasteiger charge is -2.41. The Morgan fingerprint density at radius 3 is 2.66 bits per heavy atom. The summed E-state index contributed by atoms with van der Waals surface area (Å²) in [6, 6.07) is 3.17. The fourth-order valence-electron chi connectivity index (χ4n) is 4.16. The Kier molecular flexibility index (Phi) is 8.14. The van der Waals surface area contributed by atoms with Gasteiger partial charge >= 0.3 is 6.09 Å². The minimum Gasteiger partial charge on any atom is -0.467 e. The predicted octanol–water partition coefficient (Wildman–Crippen LogP) is 3.64. The highest BCUT2D eigenvalue weighted by Gasteiger charge is 2.36. The van der Waals surface area contributed by atoms with Gasteiger partial charge in [0, 0.05) is 37.2 Å². The number of likely N-dealkylation sites (tertiary alicyclic amines) is 1. The van der Waals surface area contributed by atoms with E-state index in [1.54, 1.807) is 17.2 Å². The number of carbonyl (C=O) groups is 3. The molecule has 1 aliphatic heterocycles. The van der Waals surface area contributed by atoms with E-state index in [-0.39, 0.29) is 30.3 Å². The number of carboxylic acid groups (broad SMARTS) is 1. The van der Waals surface area contributed by atoms with E-state index in [1.807, 2.05) is 40.7 Å². The van der Waals surface area contributed by atoms with Crippen molar-refractivity contribution in [3.8, 4) is 0 Å². The van der Waals surface area contributed by atoms with Crippen LogP contribution in [0.3, 0.4) is 0 Å². The summed E-state index contributed by atoms with van der Waals surface area (Å²) in [6.07, 6.45) is 3.19. The van der Waals surface area contributed by atoms with Gasteiger partial charge in [-0.3, -0.25) is 4.79 Å². The number of anilines is 1. The molecule has 1 saturated heterocycles. The highest BCUT2D eigenvalue weighted by atomic mass is 16.4. The van der Waals surface area contributed by atoms with Gasteiger partial charge in [-0.05, 0) is 24.5 Å². The first kappa shape index (κ1) is 26.2. The molecule has 0 aromatic carbocycles. The minimum absolute atomic E-state index is 0.128. The molecule has 35 heavy (non-hydrogen) atoms. The summed E-state index contributed by atoms with van der Waals surface area (Å²) in [5.41, 5.74) is -0.0386. The fourth-order valence-corrected chi connectivity index (χ4v) is 4.16. The molecule has 10 heteroatoms. The van der Waals surface area contributed by atoms with E-state index in [2.05, 4.69) is 15.3 Å². The molecule has 1 aliphatic rings. The maximum atomic E-state index is 13.9. The zero-order valence-electron chi connectivity index (χ0n) is 21.0. The molecule has 0 saturated carbocycles. The summed E-state index contributed by atoms with van der Waals surface area (Å²) in [5.74, 6) is 1.02. The van der Waals surface area contributed by atoms with Crippen LogP contribution in [-0.4, -0.2) is 68.8 Å². The van der Waals surface area contributed by atoms with E-state index in [9.17, 15) is 19.5 Å². The third kappa shape index (κ3) is 6.58. The number of piperidine rings is 1. The minimum atomic E-state index is -1.10. The molecule has 2 atom stereocenters. The van der Waals surface area contributed by atoms with Crippen molar-refractivity contribution < 1.29 is 23.9 Å². The van der Waals surface area contributed by atoms with E-state index < -0.39 is 18.1 Å². The molecular weight excluding hydrogens is 450 g/mol. The van der Waals surface area contributed by atoms with Crippen LogP contribution in [0.25, 0.3) is 0 Å². The molecule has 2 unspecified atom stereocenters. The number of nitrogens with zero attached hydrogens (tertiary/aromatic N) is 4. The Hall–Kier alpha value is -3.43. The predicted molar refractivity (Wildman–Crippen MR) is 130 cm³/mol. The van der Waals surface area contributed by atoms with E-state index in [0.29, 0.717) is 42.5 Å². The molecule has 2 amide bonds. The Balaban J connectivity index is 1.97. The first-order chi connectivity index (χ1) is 16.5. The highest BCUT2D eigenvalue weighted by molar-refractivity contribution is 5.98. The number of aromatic nitrogens is 2. The van der Waals surface area contributed by atoms with Crippen LogP contribution < -0.4 is 5.32 Å². The first-order valence-electron chi connectivity index (χ1n) is 11.9. The summed E-state index contributed by atoms with van der Waals surface area (Å²) < 4.78 is 5.41. The molecule has 0 radical (unpaired) electrons. The van der Waals surface area contributed by atoms with Crippen molar-refractivity contribution >= 4 is 24.1 Å². The topological polar surface area (TPSA) is 129 Å². The fraction of sp³-hybridized carbons (Fsp3) is 0.560. The van der Waals surface area contributed by atoms with Gasteiger partial charge in [0.15, 0.2) is 0 Å². The van der Waals surface area contributed by atoms with Crippen molar-refractivity contribution in [2.75, 3.05) is 25.0 Å². The van der Waals surface area contributed by atoms with E-state index in [0.717, 1.165) is 6.29 Å². The zero-order chi connectivity index (χ0) is 25.8. The van der Waals surface area contributed by atoms with Crippen LogP contribution in [-0.2, 0) is 16.8 Å². The van der Waals surface area contributed by atoms with Gasteiger partial charge in [0.05, 0.1) is 18.8 Å². The maximum Gasteiger partial charge on any atom is 0.407 e. The number of rotatable bonds is 8. The zero-order valence-corrected chi connectivity index (χ0v) is 21.0. The Labute approximate surface area is 205 Å². The van der Waals surface area contributed by atoms with Crippen LogP contribution in [0.15, 0.2) is 29.0 Å². The Morgan fingerprint density at radius 2 is 2.09 bits per heavy atom. The van der Waals surface area contributed by atoms with Gasteiger partial charge in [0.1, 0.15) is 29.3 Å². The van der Waals surface area contributed by atoms with Gasteiger partial charge in [-0.1, -0.05) is 34.6 Å². The summed E-state index contributed by atoms with van der Waals surface area (Å²) in [7, 11) is 0. The molecule has 1 fully saturated rings. The largest absolute Gasteiger partial charge is 0.467 e. The number of nitrogens with one attached hydrogen (secondary N) is 1. The Bertz CT molecular complexity index is 1030. The van der Waals surface area contributed by atoms with Crippen LogP contribution >= 0.6 is 0 Å². The molecule has 0 aliphatic carbocycles. The van der Waals surface area contributed by atoms with Gasteiger partial charge in [-0.2, -0.15) is 0 Å². The average molecular weight is 486 g/mol. The van der Waals surface area contributed by atoms with E-state index in [4.69, 9.17) is 4.42 Å². The molecule has 0 spiro atoms. The lowest BCUT2D eigenvalue weighted by atomic mass is 9.93. The van der Waals surface area contributed by atoms with Crippen LogP contribution in [0.2, 0.25) is 0 Å². The SMILES string of the molecule is CC(C)CN(C(=O)c1cnc(C(C)(C)C)nc1NCc1ccco1)C1CC(C=O)CN(C(=O)O)C1. The van der Waals surface area contributed by atoms with Crippen LogP contribution in [0, 0.1) is 11.8 Å². The lowest BCUT2D eigenvalue weighted by Crippen LogP contribution is -2.55. The van der Waals surface area contributed by atoms with Crippen molar-refractivity contribution in [2.45, 2.75) is 59.0 Å². The molecule has 3 rings (SSSR count). The Morgan fingerprint density at radius 1 is 1.34 bits per heavy atom. The summed E-state index contributed by atoms with van der Waals surface area (Å²) in [5, 5.41) is 12.8. The van der Waals surface area contributed by atoms with Gasteiger partial charge < -0.3 is 29.4 Å². The van der Waals surface area contributed by atoms with Crippen molar-refractivity contribution in [3.63, 3.8) is 0 Å². The van der Waals surface area contributed by atoms with E-state index in [1.165, 1.54) is 11.1 Å². The number of carbonyl (C=O) groups excluding carboxylic acids is 2. The van der Waals surface area contributed by atoms with Crippen LogP contribution in [0.1, 0.15) is 63.0 Å². The quantitative estimate of drug-likeness (QED) is 0.542. The van der Waals surface area contributed by atoms with Crippen molar-refractivity contribution in [2.24, 2.45) is 11.8 Å². The van der Waals surface area contributed by atoms with Crippen LogP contribution in [0.4, 0.5) is 10.6 Å². The second-order valence-corrected chi connectivity index (χ2v) is 10.5. The smallest absolute Gasteiger partial charge is 0.407 e. The second kappa shape index (κ2) is 10.9. The maximum absolute atomic E-state index is 13.9. The average Bonchev–Trinajstić information content (AvgIpc) is 3.33. The number of hydrogen-bond donors (Lipinski definition) is 2. The third-order valence-electron chi connectivity index (χ3n) is 5.89. The van der Waals surface area contributed by atoms with Crippen molar-refractivity contribution in [3.05, 3.63) is 41.7 Å². The molecule has 0 bridgehead atoms. The molecule has 190 valence electrons. The summed E-state index contributed by atoms with van der Waals surface area (Å²) in [4.78, 5) is 49.2. The monoisotopic (exact) mass is 485 g/mol. The van der Waals surface area contributed by atoms with E-state index >= 15 is 0 Å². The molecule has 2 N–H and O–H groups in total. The van der Waals surface area contributed by atoms with Gasteiger partial charge in [-0.15, -0.1) is 0 Å². The highest BCUT2D eigenvalue weighted by Crippen LogP contribution is 2.27. The molecule has 2 aromatic rings. The van der Waals surface area contributed by atoms with Crippen molar-refractivity contribution in [1.82, 2.24) is 19.8 Å². The third-order valence-corrected chi connectivity index (χ3v) is 5.89. The second-order valence-electron chi connectivity index (χ2n) is 10.5. The summed E-state index contributed by atoms with van der Waals surface area (Å²) in [6.45, 7) is 11.0. The number of hydrogen-bond acceptors (Lipinski definition) is 7. The van der Waals surface area contributed by atoms with Gasteiger partial charge in [0.2, 0.25) is 0 Å². The molecule has 2 aromatic heterocycles. The normalized spacial score (nSPS) is 18.4. The van der Waals surface area contributed by atoms with Gasteiger partial charge in [-0.25, -0.2) is 14.8 Å². The molecular formula is C25H35N5O5. The van der Waals surface area contributed by atoms with Crippen molar-refractivity contribution in [1.29, 1.82) is 0 Å². The lowest BCUT2D eigenvalue weighted by molar-refractivity contribution is -0.113. The number of aldehydes is 1. The number of amides is 2. The van der Waals surface area contributed by atoms with Gasteiger partial charge in [0.25, 0.3) is 5.91 Å². The van der Waals surface area contributed by atoms with Crippen LogP contribution in [0.5, 0.6) is 0 Å². The molecule has 10 nitrogen and oxygen atoms in total. The summed E-state index contributed by atoms with van der Waals surface area (Å²) >= 11 is 0. The number of furan rings is 1.